The van der Waals surface area contributed by atoms with E-state index in [2.05, 4.69) is 31.2 Å². The van der Waals surface area contributed by atoms with E-state index in [1.807, 2.05) is 0 Å². The van der Waals surface area contributed by atoms with E-state index in [9.17, 15) is 0 Å². The van der Waals surface area contributed by atoms with Crippen molar-refractivity contribution >= 4 is 18.6 Å². The Morgan fingerprint density at radius 1 is 1.30 bits per heavy atom. The third-order valence-electron chi connectivity index (χ3n) is 1.30. The Labute approximate surface area is 79.0 Å². The minimum absolute atomic E-state index is 0.556. The third-order valence-corrected chi connectivity index (χ3v) is 1.30. The van der Waals surface area contributed by atoms with Gasteiger partial charge in [-0.15, -0.1) is 0 Å². The van der Waals surface area contributed by atoms with E-state index in [4.69, 9.17) is 18.6 Å². The van der Waals surface area contributed by atoms with Crippen LogP contribution in [0.25, 0.3) is 0 Å². The van der Waals surface area contributed by atoms with Gasteiger partial charge >= 0.3 is 35.6 Å². The summed E-state index contributed by atoms with van der Waals surface area (Å²) in [4.78, 5) is 0. The van der Waals surface area contributed by atoms with E-state index in [0.717, 1.165) is 5.92 Å². The second kappa shape index (κ2) is 7.88. The molecule has 0 radical (unpaired) electrons. The molecule has 0 N–H and O–H groups in total. The molecule has 0 bridgehead atoms. The summed E-state index contributed by atoms with van der Waals surface area (Å²) in [5.74, 6) is 0.736. The van der Waals surface area contributed by atoms with Gasteiger partial charge in [-0.05, 0) is 12.3 Å². The van der Waals surface area contributed by atoms with Crippen LogP contribution in [-0.4, -0.2) is 0 Å². The van der Waals surface area contributed by atoms with Gasteiger partial charge in [-0.2, -0.15) is 0 Å². The number of halogens is 2. The van der Waals surface area contributed by atoms with Crippen molar-refractivity contribution in [2.24, 2.45) is 5.92 Å². The van der Waals surface area contributed by atoms with Crippen molar-refractivity contribution < 1.29 is 17.0 Å². The summed E-state index contributed by atoms with van der Waals surface area (Å²) in [7, 11) is 9.78. The Hall–Kier alpha value is 0.774. The van der Waals surface area contributed by atoms with Crippen LogP contribution >= 0.6 is 18.6 Å². The molecule has 0 amide bonds. The molecule has 10 heavy (non-hydrogen) atoms. The molecule has 0 heterocycles. The second-order valence-electron chi connectivity index (χ2n) is 1.91. The zero-order chi connectivity index (χ0) is 7.82. The molecule has 0 atom stereocenters. The van der Waals surface area contributed by atoms with E-state index >= 15 is 0 Å². The quantitative estimate of drug-likeness (QED) is 0.584. The monoisotopic (exact) mass is 212 g/mol. The molecule has 0 aromatic carbocycles. The molecule has 1 aliphatic rings. The number of allylic oxidation sites excluding steroid dienone is 4. The van der Waals surface area contributed by atoms with Crippen molar-refractivity contribution in [1.82, 2.24) is 0 Å². The van der Waals surface area contributed by atoms with E-state index in [-0.39, 0.29) is 0 Å². The predicted molar refractivity (Wildman–Crippen MR) is 43.8 cm³/mol. The van der Waals surface area contributed by atoms with Crippen LogP contribution in [-0.2, 0) is 17.0 Å². The van der Waals surface area contributed by atoms with Gasteiger partial charge in [0.1, 0.15) is 0 Å². The fourth-order valence-corrected chi connectivity index (χ4v) is 0.750. The average molecular weight is 213 g/mol. The van der Waals surface area contributed by atoms with E-state index in [0.29, 0.717) is 0 Å². The fourth-order valence-electron chi connectivity index (χ4n) is 0.750. The van der Waals surface area contributed by atoms with Gasteiger partial charge in [0, 0.05) is 0 Å². The number of rotatable bonds is 1. The number of hydrogen-bond acceptors (Lipinski definition) is 0. The molecule has 56 valence electrons. The average Bonchev–Trinajstić information content (AvgIpc) is 2.39. The summed E-state index contributed by atoms with van der Waals surface area (Å²) < 4.78 is 0. The van der Waals surface area contributed by atoms with E-state index in [1.165, 1.54) is 6.42 Å². The molecule has 0 aliphatic heterocycles. The first kappa shape index (κ1) is 10.8. The molecule has 3 heteroatoms. The standard InChI is InChI=1S/C7H10.2ClH.Ti/c1-2-7-5-3-4-6-7;;;/h3-7H,2H2,1H3;2*1H;/q;;;+2/p-2. The molecule has 0 spiro atoms. The molecular weight excluding hydrogens is 203 g/mol. The molecule has 0 saturated carbocycles. The SMILES string of the molecule is CCC1C=CC=C1.[Cl][Ti][Cl]. The first-order valence-corrected chi connectivity index (χ1v) is 7.46. The summed E-state index contributed by atoms with van der Waals surface area (Å²) in [6, 6.07) is 0. The molecule has 1 aliphatic carbocycles. The minimum atomic E-state index is -0.556. The molecule has 0 saturated heterocycles. The van der Waals surface area contributed by atoms with Gasteiger partial charge in [0.05, 0.1) is 0 Å². The van der Waals surface area contributed by atoms with Crippen LogP contribution in [0.3, 0.4) is 0 Å². The Bertz CT molecular complexity index is 109. The van der Waals surface area contributed by atoms with Gasteiger partial charge in [0.25, 0.3) is 0 Å². The molecule has 0 aromatic heterocycles. The van der Waals surface area contributed by atoms with Crippen molar-refractivity contribution in [2.45, 2.75) is 13.3 Å². The van der Waals surface area contributed by atoms with Crippen LogP contribution in [0.2, 0.25) is 0 Å². The normalized spacial score (nSPS) is 14.7. The van der Waals surface area contributed by atoms with Crippen LogP contribution in [0.4, 0.5) is 0 Å². The first-order chi connectivity index (χ1) is 4.85. The van der Waals surface area contributed by atoms with Gasteiger partial charge in [-0.25, -0.2) is 0 Å². The molecule has 1 rings (SSSR count). The Morgan fingerprint density at radius 3 is 1.90 bits per heavy atom. The third kappa shape index (κ3) is 5.55. The van der Waals surface area contributed by atoms with Crippen LogP contribution < -0.4 is 0 Å². The van der Waals surface area contributed by atoms with Crippen molar-refractivity contribution in [3.05, 3.63) is 24.3 Å². The van der Waals surface area contributed by atoms with Crippen molar-refractivity contribution in [3.63, 3.8) is 0 Å². The van der Waals surface area contributed by atoms with Gasteiger partial charge in [-0.3, -0.25) is 0 Å². The predicted octanol–water partition coefficient (Wildman–Crippen LogP) is 3.52. The van der Waals surface area contributed by atoms with E-state index in [1.54, 1.807) is 0 Å². The van der Waals surface area contributed by atoms with Gasteiger partial charge in [0.2, 0.25) is 0 Å². The topological polar surface area (TPSA) is 0 Å². The Balaban J connectivity index is 0.000000236. The molecular formula is C7H10Cl2Ti. The summed E-state index contributed by atoms with van der Waals surface area (Å²) in [6.07, 6.45) is 9.90. The number of hydrogen-bond donors (Lipinski definition) is 0. The van der Waals surface area contributed by atoms with Gasteiger partial charge in [-0.1, -0.05) is 31.2 Å². The zero-order valence-corrected chi connectivity index (χ0v) is 8.92. The zero-order valence-electron chi connectivity index (χ0n) is 5.85. The van der Waals surface area contributed by atoms with Crippen LogP contribution in [0.15, 0.2) is 24.3 Å². The molecule has 0 aromatic rings. The van der Waals surface area contributed by atoms with Crippen molar-refractivity contribution in [1.29, 1.82) is 0 Å². The second-order valence-corrected chi connectivity index (χ2v) is 4.49. The maximum absolute atomic E-state index is 4.89. The van der Waals surface area contributed by atoms with Crippen LogP contribution in [0, 0.1) is 5.92 Å². The maximum atomic E-state index is 4.89. The Morgan fingerprint density at radius 2 is 1.70 bits per heavy atom. The summed E-state index contributed by atoms with van der Waals surface area (Å²) >= 11 is -0.556. The van der Waals surface area contributed by atoms with Crippen molar-refractivity contribution in [2.75, 3.05) is 0 Å². The summed E-state index contributed by atoms with van der Waals surface area (Å²) in [5.41, 5.74) is 0. The summed E-state index contributed by atoms with van der Waals surface area (Å²) in [5, 5.41) is 0. The van der Waals surface area contributed by atoms with Gasteiger partial charge < -0.3 is 0 Å². The first-order valence-electron chi connectivity index (χ1n) is 3.16. The van der Waals surface area contributed by atoms with E-state index < -0.39 is 17.0 Å². The van der Waals surface area contributed by atoms with Crippen LogP contribution in [0.5, 0.6) is 0 Å². The molecule has 0 nitrogen and oxygen atoms in total. The molecule has 0 unspecified atom stereocenters. The van der Waals surface area contributed by atoms with Gasteiger partial charge in [0.15, 0.2) is 0 Å². The Kier molecular flexibility index (Phi) is 8.49. The van der Waals surface area contributed by atoms with Crippen LogP contribution in [0.1, 0.15) is 13.3 Å². The molecule has 0 fully saturated rings. The fraction of sp³-hybridized carbons (Fsp3) is 0.429. The van der Waals surface area contributed by atoms with Crippen molar-refractivity contribution in [3.8, 4) is 0 Å². The summed E-state index contributed by atoms with van der Waals surface area (Å²) in [6.45, 7) is 2.20.